The van der Waals surface area contributed by atoms with Crippen LogP contribution in [0.4, 0.5) is 0 Å². The first kappa shape index (κ1) is 11.5. The van der Waals surface area contributed by atoms with Gasteiger partial charge in [-0.2, -0.15) is 0 Å². The number of rotatable bonds is 0. The average molecular weight is 265 g/mol. The topological polar surface area (TPSA) is 54.3 Å². The lowest BCUT2D eigenvalue weighted by molar-refractivity contribution is 0.0679. The Morgan fingerprint density at radius 2 is 1.55 bits per heavy atom. The molecule has 4 nitrogen and oxygen atoms in total. The van der Waals surface area contributed by atoms with Crippen molar-refractivity contribution in [1.29, 1.82) is 0 Å². The van der Waals surface area contributed by atoms with Crippen LogP contribution in [-0.4, -0.2) is 6.35 Å². The fourth-order valence-electron chi connectivity index (χ4n) is 2.87. The first-order valence-corrected chi connectivity index (χ1v) is 6.48. The molecule has 0 fully saturated rings. The van der Waals surface area contributed by atoms with Crippen LogP contribution in [0.5, 0.6) is 11.5 Å². The van der Waals surface area contributed by atoms with Crippen LogP contribution in [0.15, 0.2) is 60.9 Å². The molecule has 1 radical (unpaired) electrons. The van der Waals surface area contributed by atoms with Crippen LogP contribution in [0.3, 0.4) is 0 Å². The lowest BCUT2D eigenvalue weighted by atomic mass is 9.79. The van der Waals surface area contributed by atoms with Crippen molar-refractivity contribution in [2.45, 2.75) is 11.9 Å². The first-order chi connectivity index (χ1) is 9.79. The van der Waals surface area contributed by atoms with Crippen molar-refractivity contribution in [3.63, 3.8) is 0 Å². The van der Waals surface area contributed by atoms with E-state index in [9.17, 15) is 0 Å². The summed E-state index contributed by atoms with van der Waals surface area (Å²) in [7, 11) is 0. The zero-order valence-electron chi connectivity index (χ0n) is 10.7. The van der Waals surface area contributed by atoms with Gasteiger partial charge >= 0.3 is 0 Å². The van der Waals surface area contributed by atoms with Gasteiger partial charge in [0.25, 0.3) is 0 Å². The SMILES string of the molecule is [NH]C1NC2(C=CO1)c1ccccc1Oc1ccccc12. The number of hydrogen-bond donors (Lipinski definition) is 1. The molecule has 2 aliphatic rings. The van der Waals surface area contributed by atoms with E-state index < -0.39 is 11.9 Å². The Kier molecular flexibility index (Phi) is 2.36. The molecule has 99 valence electrons. The maximum atomic E-state index is 7.89. The van der Waals surface area contributed by atoms with E-state index in [1.54, 1.807) is 6.26 Å². The van der Waals surface area contributed by atoms with Crippen LogP contribution in [-0.2, 0) is 10.3 Å². The molecule has 0 aromatic heterocycles. The van der Waals surface area contributed by atoms with Crippen molar-refractivity contribution in [1.82, 2.24) is 11.1 Å². The average Bonchev–Trinajstić information content (AvgIpc) is 2.48. The van der Waals surface area contributed by atoms with Crippen molar-refractivity contribution in [3.8, 4) is 11.5 Å². The molecule has 2 aliphatic heterocycles. The van der Waals surface area contributed by atoms with Crippen LogP contribution < -0.4 is 15.8 Å². The molecule has 1 atom stereocenters. The number of para-hydroxylation sites is 2. The molecule has 2 aromatic rings. The molecule has 4 rings (SSSR count). The highest BCUT2D eigenvalue weighted by atomic mass is 16.5. The molecule has 1 spiro atoms. The number of fused-ring (bicyclic) bond motifs is 4. The second-order valence-electron chi connectivity index (χ2n) is 4.87. The lowest BCUT2D eigenvalue weighted by Gasteiger charge is -2.41. The van der Waals surface area contributed by atoms with E-state index in [1.807, 2.05) is 54.6 Å². The third kappa shape index (κ3) is 1.49. The highest BCUT2D eigenvalue weighted by Gasteiger charge is 2.43. The monoisotopic (exact) mass is 265 g/mol. The van der Waals surface area contributed by atoms with Gasteiger partial charge in [-0.15, -0.1) is 0 Å². The molecule has 1 unspecified atom stereocenters. The third-order valence-electron chi connectivity index (χ3n) is 3.74. The molecule has 4 heteroatoms. The quantitative estimate of drug-likeness (QED) is 0.796. The molecular formula is C16H13N2O2. The van der Waals surface area contributed by atoms with Crippen LogP contribution in [0, 0.1) is 0 Å². The molecule has 0 bridgehead atoms. The summed E-state index contributed by atoms with van der Waals surface area (Å²) < 4.78 is 11.1. The van der Waals surface area contributed by atoms with Crippen molar-refractivity contribution in [2.24, 2.45) is 0 Å². The van der Waals surface area contributed by atoms with E-state index in [4.69, 9.17) is 15.2 Å². The normalized spacial score (nSPS) is 21.6. The summed E-state index contributed by atoms with van der Waals surface area (Å²) in [5.41, 5.74) is 9.31. The molecule has 2 heterocycles. The van der Waals surface area contributed by atoms with Gasteiger partial charge < -0.3 is 9.47 Å². The van der Waals surface area contributed by atoms with Crippen molar-refractivity contribution in [3.05, 3.63) is 72.0 Å². The zero-order chi connectivity index (χ0) is 13.6. The van der Waals surface area contributed by atoms with E-state index in [0.29, 0.717) is 0 Å². The summed E-state index contributed by atoms with van der Waals surface area (Å²) in [6, 6.07) is 15.8. The van der Waals surface area contributed by atoms with Crippen molar-refractivity contribution in [2.75, 3.05) is 0 Å². The van der Waals surface area contributed by atoms with Gasteiger partial charge in [-0.1, -0.05) is 36.4 Å². The zero-order valence-corrected chi connectivity index (χ0v) is 10.7. The Morgan fingerprint density at radius 3 is 2.15 bits per heavy atom. The Hall–Kier alpha value is -2.30. The van der Waals surface area contributed by atoms with E-state index >= 15 is 0 Å². The van der Waals surface area contributed by atoms with Gasteiger partial charge in [0.05, 0.1) is 6.26 Å². The summed E-state index contributed by atoms with van der Waals surface area (Å²) in [4.78, 5) is 0. The number of nitrogens with one attached hydrogen (secondary N) is 2. The van der Waals surface area contributed by atoms with E-state index in [2.05, 4.69) is 5.32 Å². The lowest BCUT2D eigenvalue weighted by Crippen LogP contribution is -2.52. The molecule has 2 aromatic carbocycles. The fraction of sp³-hybridized carbons (Fsp3) is 0.125. The molecule has 20 heavy (non-hydrogen) atoms. The minimum atomic E-state index is -0.806. The second-order valence-corrected chi connectivity index (χ2v) is 4.87. The minimum absolute atomic E-state index is 0.573. The number of benzene rings is 2. The smallest absolute Gasteiger partial charge is 0.219 e. The highest BCUT2D eigenvalue weighted by molar-refractivity contribution is 5.59. The van der Waals surface area contributed by atoms with Crippen molar-refractivity contribution >= 4 is 0 Å². The Bertz CT molecular complexity index is 651. The molecule has 2 N–H and O–H groups in total. The summed E-state index contributed by atoms with van der Waals surface area (Å²) >= 11 is 0. The van der Waals surface area contributed by atoms with E-state index in [0.717, 1.165) is 22.6 Å². The van der Waals surface area contributed by atoms with Gasteiger partial charge in [0.2, 0.25) is 6.35 Å². The Morgan fingerprint density at radius 1 is 0.950 bits per heavy atom. The van der Waals surface area contributed by atoms with Gasteiger partial charge in [0.15, 0.2) is 0 Å². The van der Waals surface area contributed by atoms with E-state index in [1.165, 1.54) is 0 Å². The van der Waals surface area contributed by atoms with Gasteiger partial charge in [-0.25, -0.2) is 5.73 Å². The maximum Gasteiger partial charge on any atom is 0.219 e. The summed E-state index contributed by atoms with van der Waals surface area (Å²) in [5, 5.41) is 3.22. The maximum absolute atomic E-state index is 7.89. The highest BCUT2D eigenvalue weighted by Crippen LogP contribution is 2.48. The van der Waals surface area contributed by atoms with Crippen LogP contribution in [0.25, 0.3) is 0 Å². The Labute approximate surface area is 116 Å². The summed E-state index contributed by atoms with van der Waals surface area (Å²) in [6.45, 7) is 0. The number of ether oxygens (including phenoxy) is 2. The van der Waals surface area contributed by atoms with Crippen LogP contribution in [0.2, 0.25) is 0 Å². The number of hydrogen-bond acceptors (Lipinski definition) is 3. The fourth-order valence-corrected chi connectivity index (χ4v) is 2.87. The van der Waals surface area contributed by atoms with E-state index in [-0.39, 0.29) is 0 Å². The predicted octanol–water partition coefficient (Wildman–Crippen LogP) is 2.74. The molecule has 0 amide bonds. The van der Waals surface area contributed by atoms with Gasteiger partial charge in [0.1, 0.15) is 17.0 Å². The summed E-state index contributed by atoms with van der Waals surface area (Å²) in [5.74, 6) is 1.61. The largest absolute Gasteiger partial charge is 0.469 e. The van der Waals surface area contributed by atoms with Gasteiger partial charge in [-0.05, 0) is 18.2 Å². The second kappa shape index (κ2) is 4.10. The minimum Gasteiger partial charge on any atom is -0.469 e. The predicted molar refractivity (Wildman–Crippen MR) is 74.0 cm³/mol. The molecular weight excluding hydrogens is 252 g/mol. The molecule has 0 saturated heterocycles. The van der Waals surface area contributed by atoms with Crippen LogP contribution >= 0.6 is 0 Å². The van der Waals surface area contributed by atoms with Crippen LogP contribution in [0.1, 0.15) is 11.1 Å². The molecule has 0 aliphatic carbocycles. The summed E-state index contributed by atoms with van der Waals surface area (Å²) in [6.07, 6.45) is 2.73. The van der Waals surface area contributed by atoms with Gasteiger partial charge in [-0.3, -0.25) is 5.32 Å². The van der Waals surface area contributed by atoms with Crippen molar-refractivity contribution < 1.29 is 9.47 Å². The first-order valence-electron chi connectivity index (χ1n) is 6.48. The van der Waals surface area contributed by atoms with Gasteiger partial charge in [0, 0.05) is 11.1 Å². The third-order valence-corrected chi connectivity index (χ3v) is 3.74. The standard InChI is InChI=1S/C16H13N2O2/c17-15-18-16(9-10-19-15)11-5-1-3-7-13(11)20-14-8-4-2-6-12(14)16/h1-10,15,17-18H. The molecule has 0 saturated carbocycles. The Balaban J connectivity index is 2.02.